The van der Waals surface area contributed by atoms with Crippen LogP contribution < -0.4 is 5.32 Å². The Morgan fingerprint density at radius 2 is 2.24 bits per heavy atom. The molecule has 0 heterocycles. The van der Waals surface area contributed by atoms with Crippen LogP contribution in [0.2, 0.25) is 5.02 Å². The molecule has 4 nitrogen and oxygen atoms in total. The van der Waals surface area contributed by atoms with Gasteiger partial charge in [-0.3, -0.25) is 0 Å². The second kappa shape index (κ2) is 5.89. The number of rotatable bonds is 3. The summed E-state index contributed by atoms with van der Waals surface area (Å²) in [5, 5.41) is 12.2. The zero-order valence-electron chi connectivity index (χ0n) is 10.2. The number of nitrogens with one attached hydrogen (secondary N) is 1. The van der Waals surface area contributed by atoms with Crippen molar-refractivity contribution in [3.05, 3.63) is 28.8 Å². The number of aliphatic hydroxyl groups is 1. The quantitative estimate of drug-likeness (QED) is 0.873. The van der Waals surface area contributed by atoms with Crippen molar-refractivity contribution in [1.82, 2.24) is 4.90 Å². The highest BCUT2D eigenvalue weighted by Crippen LogP contribution is 2.23. The molecule has 1 aromatic rings. The van der Waals surface area contributed by atoms with Gasteiger partial charge in [-0.05, 0) is 31.5 Å². The van der Waals surface area contributed by atoms with Gasteiger partial charge in [-0.15, -0.1) is 0 Å². The normalized spacial score (nSPS) is 12.1. The fraction of sp³-hybridized carbons (Fsp3) is 0.417. The summed E-state index contributed by atoms with van der Waals surface area (Å²) < 4.78 is 0. The molecule has 0 saturated carbocycles. The summed E-state index contributed by atoms with van der Waals surface area (Å²) in [6.07, 6.45) is 0. The first-order chi connectivity index (χ1) is 7.95. The van der Waals surface area contributed by atoms with E-state index >= 15 is 0 Å². The molecule has 0 aliphatic carbocycles. The molecule has 0 saturated heterocycles. The van der Waals surface area contributed by atoms with E-state index in [4.69, 9.17) is 16.7 Å². The average molecular weight is 257 g/mol. The number of carbonyl (C=O) groups is 1. The SMILES string of the molecule is Cc1ccc(Cl)c(NC(=O)N(C)C(C)CO)c1. The van der Waals surface area contributed by atoms with Gasteiger partial charge in [-0.25, -0.2) is 4.79 Å². The zero-order valence-corrected chi connectivity index (χ0v) is 11.0. The molecule has 5 heteroatoms. The van der Waals surface area contributed by atoms with Crippen LogP contribution in [-0.2, 0) is 0 Å². The molecule has 0 radical (unpaired) electrons. The molecule has 17 heavy (non-hydrogen) atoms. The third-order valence-electron chi connectivity index (χ3n) is 2.61. The second-order valence-electron chi connectivity index (χ2n) is 4.06. The van der Waals surface area contributed by atoms with Gasteiger partial charge in [0.25, 0.3) is 0 Å². The molecule has 2 N–H and O–H groups in total. The Balaban J connectivity index is 2.77. The van der Waals surface area contributed by atoms with E-state index in [2.05, 4.69) is 5.32 Å². The van der Waals surface area contributed by atoms with Crippen molar-refractivity contribution in [2.24, 2.45) is 0 Å². The number of anilines is 1. The summed E-state index contributed by atoms with van der Waals surface area (Å²) >= 11 is 5.98. The van der Waals surface area contributed by atoms with Gasteiger partial charge in [0.1, 0.15) is 0 Å². The summed E-state index contributed by atoms with van der Waals surface area (Å²) in [6, 6.07) is 4.88. The molecule has 94 valence electrons. The van der Waals surface area contributed by atoms with Gasteiger partial charge in [0.2, 0.25) is 0 Å². The van der Waals surface area contributed by atoms with Crippen molar-refractivity contribution in [3.8, 4) is 0 Å². The van der Waals surface area contributed by atoms with Gasteiger partial charge in [0.05, 0.1) is 23.4 Å². The fourth-order valence-corrected chi connectivity index (χ4v) is 1.43. The number of amides is 2. The molecule has 0 aliphatic rings. The van der Waals surface area contributed by atoms with E-state index in [9.17, 15) is 4.79 Å². The number of benzene rings is 1. The van der Waals surface area contributed by atoms with Crippen LogP contribution >= 0.6 is 11.6 Å². The standard InChI is InChI=1S/C12H17ClN2O2/c1-8-4-5-10(13)11(6-8)14-12(17)15(3)9(2)7-16/h4-6,9,16H,7H2,1-3H3,(H,14,17). The Morgan fingerprint density at radius 1 is 1.59 bits per heavy atom. The van der Waals surface area contributed by atoms with Crippen molar-refractivity contribution in [2.75, 3.05) is 19.0 Å². The Morgan fingerprint density at radius 3 is 2.82 bits per heavy atom. The molecule has 0 aromatic heterocycles. The zero-order chi connectivity index (χ0) is 13.0. The van der Waals surface area contributed by atoms with Crippen molar-refractivity contribution in [3.63, 3.8) is 0 Å². The lowest BCUT2D eigenvalue weighted by Crippen LogP contribution is -2.40. The number of aliphatic hydroxyl groups excluding tert-OH is 1. The molecule has 0 aliphatic heterocycles. The van der Waals surface area contributed by atoms with Crippen LogP contribution in [0.15, 0.2) is 18.2 Å². The number of halogens is 1. The monoisotopic (exact) mass is 256 g/mol. The smallest absolute Gasteiger partial charge is 0.321 e. The van der Waals surface area contributed by atoms with Crippen molar-refractivity contribution in [2.45, 2.75) is 19.9 Å². The van der Waals surface area contributed by atoms with Crippen LogP contribution in [0.25, 0.3) is 0 Å². The Kier molecular flexibility index (Phi) is 4.78. The lowest BCUT2D eigenvalue weighted by molar-refractivity contribution is 0.166. The minimum absolute atomic E-state index is 0.0779. The minimum atomic E-state index is -0.293. The van der Waals surface area contributed by atoms with Gasteiger partial charge >= 0.3 is 6.03 Å². The van der Waals surface area contributed by atoms with E-state index in [0.717, 1.165) is 5.56 Å². The van der Waals surface area contributed by atoms with Crippen LogP contribution in [-0.4, -0.2) is 35.7 Å². The second-order valence-corrected chi connectivity index (χ2v) is 4.46. The highest BCUT2D eigenvalue weighted by atomic mass is 35.5. The molecule has 1 unspecified atom stereocenters. The van der Waals surface area contributed by atoms with Crippen LogP contribution in [0, 0.1) is 6.92 Å². The predicted molar refractivity (Wildman–Crippen MR) is 69.5 cm³/mol. The molecule has 0 fully saturated rings. The lowest BCUT2D eigenvalue weighted by atomic mass is 10.2. The Labute approximate surface area is 106 Å². The topological polar surface area (TPSA) is 52.6 Å². The van der Waals surface area contributed by atoms with Gasteiger partial charge in [0, 0.05) is 7.05 Å². The third kappa shape index (κ3) is 3.61. The summed E-state index contributed by atoms with van der Waals surface area (Å²) in [5.41, 5.74) is 1.59. The van der Waals surface area contributed by atoms with E-state index in [1.54, 1.807) is 26.1 Å². The number of likely N-dealkylation sites (N-methyl/N-ethyl adjacent to an activating group) is 1. The maximum atomic E-state index is 11.8. The minimum Gasteiger partial charge on any atom is -0.394 e. The predicted octanol–water partition coefficient (Wildman–Crippen LogP) is 2.49. The number of nitrogens with zero attached hydrogens (tertiary/aromatic N) is 1. The first kappa shape index (κ1) is 13.8. The Hall–Kier alpha value is -1.26. The average Bonchev–Trinajstić information content (AvgIpc) is 2.31. The summed E-state index contributed by atoms with van der Waals surface area (Å²) in [6.45, 7) is 3.61. The molecule has 0 spiro atoms. The fourth-order valence-electron chi connectivity index (χ4n) is 1.26. The third-order valence-corrected chi connectivity index (χ3v) is 2.94. The van der Waals surface area contributed by atoms with Crippen molar-refractivity contribution >= 4 is 23.3 Å². The highest BCUT2D eigenvalue weighted by Gasteiger charge is 2.15. The first-order valence-corrected chi connectivity index (χ1v) is 5.74. The first-order valence-electron chi connectivity index (χ1n) is 5.36. The van der Waals surface area contributed by atoms with Gasteiger partial charge in [0.15, 0.2) is 0 Å². The van der Waals surface area contributed by atoms with Crippen LogP contribution in [0.3, 0.4) is 0 Å². The Bertz CT molecular complexity index is 409. The molecular weight excluding hydrogens is 240 g/mol. The van der Waals surface area contributed by atoms with Crippen molar-refractivity contribution < 1.29 is 9.90 Å². The largest absolute Gasteiger partial charge is 0.394 e. The summed E-state index contributed by atoms with van der Waals surface area (Å²) in [5.74, 6) is 0. The molecule has 0 bridgehead atoms. The summed E-state index contributed by atoms with van der Waals surface area (Å²) in [4.78, 5) is 13.3. The van der Waals surface area contributed by atoms with Crippen LogP contribution in [0.1, 0.15) is 12.5 Å². The lowest BCUT2D eigenvalue weighted by Gasteiger charge is -2.23. The van der Waals surface area contributed by atoms with Crippen LogP contribution in [0.4, 0.5) is 10.5 Å². The van der Waals surface area contributed by atoms with E-state index in [0.29, 0.717) is 10.7 Å². The van der Waals surface area contributed by atoms with Gasteiger partial charge < -0.3 is 15.3 Å². The molecule has 1 aromatic carbocycles. The van der Waals surface area contributed by atoms with E-state index in [1.165, 1.54) is 4.90 Å². The maximum Gasteiger partial charge on any atom is 0.321 e. The van der Waals surface area contributed by atoms with Crippen molar-refractivity contribution in [1.29, 1.82) is 0 Å². The maximum absolute atomic E-state index is 11.8. The molecule has 1 atom stereocenters. The van der Waals surface area contributed by atoms with Gasteiger partial charge in [-0.1, -0.05) is 17.7 Å². The van der Waals surface area contributed by atoms with E-state index < -0.39 is 0 Å². The van der Waals surface area contributed by atoms with Gasteiger partial charge in [-0.2, -0.15) is 0 Å². The highest BCUT2D eigenvalue weighted by molar-refractivity contribution is 6.33. The number of hydrogen-bond acceptors (Lipinski definition) is 2. The number of hydrogen-bond donors (Lipinski definition) is 2. The molecule has 1 rings (SSSR count). The summed E-state index contributed by atoms with van der Waals surface area (Å²) in [7, 11) is 1.62. The number of urea groups is 1. The van der Waals surface area contributed by atoms with E-state index in [-0.39, 0.29) is 18.7 Å². The molecule has 2 amide bonds. The molecular formula is C12H17ClN2O2. The number of carbonyl (C=O) groups excluding carboxylic acids is 1. The number of aryl methyl sites for hydroxylation is 1. The van der Waals surface area contributed by atoms with Crippen LogP contribution in [0.5, 0.6) is 0 Å². The van der Waals surface area contributed by atoms with E-state index in [1.807, 2.05) is 13.0 Å².